The van der Waals surface area contributed by atoms with Gasteiger partial charge in [-0.1, -0.05) is 176 Å². The number of para-hydroxylation sites is 1. The van der Waals surface area contributed by atoms with E-state index in [4.69, 9.17) is 4.42 Å². The van der Waals surface area contributed by atoms with Crippen LogP contribution in [0.15, 0.2) is 229 Å². The quantitative estimate of drug-likeness (QED) is 0.156. The summed E-state index contributed by atoms with van der Waals surface area (Å²) in [4.78, 5) is 2.39. The van der Waals surface area contributed by atoms with Crippen molar-refractivity contribution in [1.82, 2.24) is 0 Å². The van der Waals surface area contributed by atoms with Crippen LogP contribution in [0.1, 0.15) is 0 Å². The Kier molecular flexibility index (Phi) is 8.55. The lowest BCUT2D eigenvalue weighted by Crippen LogP contribution is -2.11. The van der Waals surface area contributed by atoms with E-state index in [-0.39, 0.29) is 0 Å². The molecule has 1 heterocycles. The maximum Gasteiger partial charge on any atom is 0.136 e. The summed E-state index contributed by atoms with van der Waals surface area (Å²) in [7, 11) is 0. The fourth-order valence-corrected chi connectivity index (χ4v) is 7.92. The Balaban J connectivity index is 1.15. The average molecular weight is 716 g/mol. The lowest BCUT2D eigenvalue weighted by Gasteiger charge is -2.29. The highest BCUT2D eigenvalue weighted by atomic mass is 16.3. The van der Waals surface area contributed by atoms with Gasteiger partial charge in [0, 0.05) is 27.7 Å². The third-order valence-electron chi connectivity index (χ3n) is 10.7. The molecule has 0 spiro atoms. The van der Waals surface area contributed by atoms with E-state index >= 15 is 0 Å². The Hall–Kier alpha value is -7.42. The van der Waals surface area contributed by atoms with Crippen LogP contribution in [0.4, 0.5) is 17.1 Å². The smallest absolute Gasteiger partial charge is 0.136 e. The molecule has 0 aliphatic heterocycles. The van der Waals surface area contributed by atoms with Crippen LogP contribution in [-0.4, -0.2) is 0 Å². The van der Waals surface area contributed by atoms with Gasteiger partial charge in [0.15, 0.2) is 0 Å². The molecule has 264 valence electrons. The lowest BCUT2D eigenvalue weighted by molar-refractivity contribution is 0.669. The van der Waals surface area contributed by atoms with Crippen molar-refractivity contribution in [2.45, 2.75) is 0 Å². The molecule has 2 heteroatoms. The van der Waals surface area contributed by atoms with E-state index < -0.39 is 0 Å². The topological polar surface area (TPSA) is 16.4 Å². The highest BCUT2D eigenvalue weighted by Gasteiger charge is 2.23. The van der Waals surface area contributed by atoms with Crippen LogP contribution in [0.2, 0.25) is 0 Å². The minimum atomic E-state index is 0.865. The minimum absolute atomic E-state index is 0.865. The van der Waals surface area contributed by atoms with Gasteiger partial charge in [-0.2, -0.15) is 0 Å². The van der Waals surface area contributed by atoms with Gasteiger partial charge < -0.3 is 9.32 Å². The molecule has 0 saturated heterocycles. The fraction of sp³-hybridized carbons (Fsp3) is 0. The summed E-state index contributed by atoms with van der Waals surface area (Å²) in [6.45, 7) is 0. The van der Waals surface area contributed by atoms with Gasteiger partial charge in [-0.3, -0.25) is 0 Å². The van der Waals surface area contributed by atoms with Crippen molar-refractivity contribution in [1.29, 1.82) is 0 Å². The summed E-state index contributed by atoms with van der Waals surface area (Å²) < 4.78 is 6.52. The van der Waals surface area contributed by atoms with Crippen LogP contribution in [0.25, 0.3) is 77.6 Å². The zero-order chi connectivity index (χ0) is 37.3. The zero-order valence-corrected chi connectivity index (χ0v) is 30.7. The maximum atomic E-state index is 6.52. The standard InChI is InChI=1S/C54H37NO/c1-4-13-38(14-5-1)41-23-25-42(26-24-41)44-29-33-48(34-30-44)55(47-31-27-43(28-32-47)39-15-6-2-7-16-39)50-35-36-52-54(49-21-10-11-22-51(49)56-52)53(50)46-20-12-19-45(37-46)40-17-8-3-9-18-40/h1-37H. The van der Waals surface area contributed by atoms with Gasteiger partial charge in [-0.05, 0) is 98.6 Å². The SMILES string of the molecule is c1ccc(-c2ccc(-c3ccc(N(c4ccc(-c5ccccc5)cc4)c4ccc5oc6ccccc6c5c4-c4cccc(-c5ccccc5)c4)cc3)cc2)cc1. The van der Waals surface area contributed by atoms with Crippen molar-refractivity contribution < 1.29 is 4.42 Å². The molecule has 0 amide bonds. The Bertz CT molecular complexity index is 2910. The highest BCUT2D eigenvalue weighted by Crippen LogP contribution is 2.48. The second-order valence-electron chi connectivity index (χ2n) is 14.1. The first-order valence-electron chi connectivity index (χ1n) is 19.1. The van der Waals surface area contributed by atoms with Crippen LogP contribution < -0.4 is 4.90 Å². The number of hydrogen-bond acceptors (Lipinski definition) is 2. The summed E-state index contributed by atoms with van der Waals surface area (Å²) in [5.41, 5.74) is 16.7. The number of rotatable bonds is 8. The van der Waals surface area contributed by atoms with Crippen molar-refractivity contribution in [3.8, 4) is 55.6 Å². The predicted molar refractivity (Wildman–Crippen MR) is 236 cm³/mol. The molecule has 1 aromatic heterocycles. The van der Waals surface area contributed by atoms with Crippen LogP contribution in [-0.2, 0) is 0 Å². The normalized spacial score (nSPS) is 11.2. The van der Waals surface area contributed by atoms with E-state index in [1.165, 1.54) is 44.5 Å². The molecule has 56 heavy (non-hydrogen) atoms. The Morgan fingerprint density at radius 3 is 1.23 bits per heavy atom. The van der Waals surface area contributed by atoms with Crippen LogP contribution in [0, 0.1) is 0 Å². The van der Waals surface area contributed by atoms with Gasteiger partial charge in [0.25, 0.3) is 0 Å². The highest BCUT2D eigenvalue weighted by molar-refractivity contribution is 6.16. The summed E-state index contributed by atoms with van der Waals surface area (Å²) in [6, 6.07) is 80.0. The van der Waals surface area contributed by atoms with E-state index in [0.29, 0.717) is 0 Å². The van der Waals surface area contributed by atoms with Crippen molar-refractivity contribution in [3.63, 3.8) is 0 Å². The van der Waals surface area contributed by atoms with E-state index in [1.54, 1.807) is 0 Å². The third kappa shape index (κ3) is 6.24. The zero-order valence-electron chi connectivity index (χ0n) is 30.7. The van der Waals surface area contributed by atoms with E-state index in [0.717, 1.165) is 50.1 Å². The predicted octanol–water partition coefficient (Wildman–Crippen LogP) is 15.4. The maximum absolute atomic E-state index is 6.52. The third-order valence-corrected chi connectivity index (χ3v) is 10.7. The molecular weight excluding hydrogens is 679 g/mol. The molecule has 0 fully saturated rings. The van der Waals surface area contributed by atoms with Crippen LogP contribution >= 0.6 is 0 Å². The molecule has 0 unspecified atom stereocenters. The number of fused-ring (bicyclic) bond motifs is 3. The molecule has 0 radical (unpaired) electrons. The molecule has 2 nitrogen and oxygen atoms in total. The summed E-state index contributed by atoms with van der Waals surface area (Å²) in [5.74, 6) is 0. The summed E-state index contributed by atoms with van der Waals surface area (Å²) in [5, 5.41) is 2.20. The van der Waals surface area contributed by atoms with Crippen LogP contribution in [0.5, 0.6) is 0 Å². The Morgan fingerprint density at radius 1 is 0.286 bits per heavy atom. The first-order chi connectivity index (χ1) is 27.8. The van der Waals surface area contributed by atoms with Crippen molar-refractivity contribution in [2.75, 3.05) is 4.90 Å². The van der Waals surface area contributed by atoms with Gasteiger partial charge in [-0.25, -0.2) is 0 Å². The van der Waals surface area contributed by atoms with E-state index in [1.807, 2.05) is 6.07 Å². The number of benzene rings is 9. The van der Waals surface area contributed by atoms with Crippen molar-refractivity contribution in [3.05, 3.63) is 224 Å². The van der Waals surface area contributed by atoms with Gasteiger partial charge in [0.05, 0.1) is 5.69 Å². The molecule has 0 bridgehead atoms. The van der Waals surface area contributed by atoms with E-state index in [2.05, 4.69) is 223 Å². The summed E-state index contributed by atoms with van der Waals surface area (Å²) in [6.07, 6.45) is 0. The van der Waals surface area contributed by atoms with Gasteiger partial charge in [-0.15, -0.1) is 0 Å². The number of nitrogens with zero attached hydrogens (tertiary/aromatic N) is 1. The average Bonchev–Trinajstić information content (AvgIpc) is 3.67. The minimum Gasteiger partial charge on any atom is -0.456 e. The van der Waals surface area contributed by atoms with Crippen molar-refractivity contribution >= 4 is 39.0 Å². The fourth-order valence-electron chi connectivity index (χ4n) is 7.92. The molecule has 10 rings (SSSR count). The Labute approximate surface area is 327 Å². The number of furan rings is 1. The van der Waals surface area contributed by atoms with Gasteiger partial charge in [0.1, 0.15) is 11.2 Å². The Morgan fingerprint density at radius 2 is 0.696 bits per heavy atom. The van der Waals surface area contributed by atoms with Crippen molar-refractivity contribution in [2.24, 2.45) is 0 Å². The summed E-state index contributed by atoms with van der Waals surface area (Å²) >= 11 is 0. The van der Waals surface area contributed by atoms with Gasteiger partial charge in [0.2, 0.25) is 0 Å². The largest absolute Gasteiger partial charge is 0.456 e. The molecule has 0 atom stereocenters. The van der Waals surface area contributed by atoms with Gasteiger partial charge >= 0.3 is 0 Å². The second-order valence-corrected chi connectivity index (χ2v) is 14.1. The first-order valence-corrected chi connectivity index (χ1v) is 19.1. The molecule has 0 N–H and O–H groups in total. The second kappa shape index (κ2) is 14.4. The number of hydrogen-bond donors (Lipinski definition) is 0. The lowest BCUT2D eigenvalue weighted by atomic mass is 9.93. The molecule has 9 aromatic carbocycles. The number of anilines is 3. The molecule has 0 aliphatic carbocycles. The molecular formula is C54H37NO. The molecule has 0 saturated carbocycles. The first kappa shape index (κ1) is 33.2. The molecule has 10 aromatic rings. The molecule has 0 aliphatic rings. The van der Waals surface area contributed by atoms with Crippen LogP contribution in [0.3, 0.4) is 0 Å². The monoisotopic (exact) mass is 715 g/mol. The van der Waals surface area contributed by atoms with E-state index in [9.17, 15) is 0 Å².